The summed E-state index contributed by atoms with van der Waals surface area (Å²) in [5.74, 6) is 0.896. The lowest BCUT2D eigenvalue weighted by atomic mass is 10.1. The van der Waals surface area contributed by atoms with E-state index in [0.29, 0.717) is 0 Å². The highest BCUT2D eigenvalue weighted by atomic mass is 35.5. The van der Waals surface area contributed by atoms with Crippen LogP contribution in [0.4, 0.5) is 11.5 Å². The Morgan fingerprint density at radius 2 is 2.12 bits per heavy atom. The van der Waals surface area contributed by atoms with E-state index < -0.39 is 0 Å². The van der Waals surface area contributed by atoms with Crippen LogP contribution in [0.1, 0.15) is 19.8 Å². The first-order valence-electron chi connectivity index (χ1n) is 5.09. The number of anilines is 2. The second-order valence-corrected chi connectivity index (χ2v) is 4.20. The maximum atomic E-state index is 11.7. The molecular weight excluding hydrogens is 226 g/mol. The van der Waals surface area contributed by atoms with E-state index in [4.69, 9.17) is 0 Å². The lowest BCUT2D eigenvalue weighted by molar-refractivity contribution is -0.120. The average molecular weight is 242 g/mol. The molecular formula is C11H16ClN3O. The van der Waals surface area contributed by atoms with Crippen LogP contribution in [0.15, 0.2) is 18.3 Å². The van der Waals surface area contributed by atoms with E-state index >= 15 is 0 Å². The third kappa shape index (κ3) is 2.64. The van der Waals surface area contributed by atoms with Crippen LogP contribution < -0.4 is 10.6 Å². The number of carbonyl (C=O) groups excluding carboxylic acids is 1. The quantitative estimate of drug-likeness (QED) is 0.854. The van der Waals surface area contributed by atoms with Gasteiger partial charge in [-0.15, -0.1) is 12.4 Å². The lowest BCUT2D eigenvalue weighted by Crippen LogP contribution is -2.21. The molecule has 0 bridgehead atoms. The van der Waals surface area contributed by atoms with Gasteiger partial charge < -0.3 is 10.6 Å². The minimum absolute atomic E-state index is 0. The molecule has 1 aliphatic rings. The third-order valence-electron chi connectivity index (χ3n) is 2.83. The number of aromatic nitrogens is 1. The fourth-order valence-electron chi connectivity index (χ4n) is 1.31. The van der Waals surface area contributed by atoms with Gasteiger partial charge in [-0.05, 0) is 25.0 Å². The average Bonchev–Trinajstić information content (AvgIpc) is 2.99. The van der Waals surface area contributed by atoms with E-state index in [0.717, 1.165) is 24.3 Å². The number of nitrogens with zero attached hydrogens (tertiary/aromatic N) is 1. The van der Waals surface area contributed by atoms with E-state index in [1.165, 1.54) is 0 Å². The monoisotopic (exact) mass is 241 g/mol. The van der Waals surface area contributed by atoms with Crippen LogP contribution in [0.3, 0.4) is 0 Å². The summed E-state index contributed by atoms with van der Waals surface area (Å²) in [4.78, 5) is 15.8. The fraction of sp³-hybridized carbons (Fsp3) is 0.455. The predicted molar refractivity (Wildman–Crippen MR) is 67.0 cm³/mol. The van der Waals surface area contributed by atoms with Crippen molar-refractivity contribution in [3.8, 4) is 0 Å². The molecule has 0 atom stereocenters. The molecule has 4 nitrogen and oxygen atoms in total. The van der Waals surface area contributed by atoms with Crippen molar-refractivity contribution in [2.24, 2.45) is 5.41 Å². The summed E-state index contributed by atoms with van der Waals surface area (Å²) in [6, 6.07) is 3.69. The predicted octanol–water partition coefficient (Wildman–Crippen LogP) is 2.28. The van der Waals surface area contributed by atoms with Gasteiger partial charge in [-0.3, -0.25) is 4.79 Å². The molecule has 1 aromatic rings. The van der Waals surface area contributed by atoms with E-state index in [2.05, 4.69) is 15.6 Å². The molecule has 5 heteroatoms. The number of pyridine rings is 1. The van der Waals surface area contributed by atoms with E-state index in [1.54, 1.807) is 6.20 Å². The van der Waals surface area contributed by atoms with Gasteiger partial charge in [0.15, 0.2) is 0 Å². The first-order chi connectivity index (χ1) is 7.14. The van der Waals surface area contributed by atoms with Crippen LogP contribution in [0, 0.1) is 5.41 Å². The summed E-state index contributed by atoms with van der Waals surface area (Å²) < 4.78 is 0. The van der Waals surface area contributed by atoms with Crippen molar-refractivity contribution >= 4 is 29.8 Å². The largest absolute Gasteiger partial charge is 0.373 e. The summed E-state index contributed by atoms with van der Waals surface area (Å²) in [6.07, 6.45) is 3.64. The summed E-state index contributed by atoms with van der Waals surface area (Å²) in [6.45, 7) is 1.98. The van der Waals surface area contributed by atoms with Crippen molar-refractivity contribution in [2.75, 3.05) is 17.7 Å². The van der Waals surface area contributed by atoms with Crippen molar-refractivity contribution in [2.45, 2.75) is 19.8 Å². The molecule has 1 fully saturated rings. The van der Waals surface area contributed by atoms with Gasteiger partial charge in [0.1, 0.15) is 5.82 Å². The van der Waals surface area contributed by atoms with Crippen LogP contribution in [0.2, 0.25) is 0 Å². The molecule has 0 spiro atoms. The van der Waals surface area contributed by atoms with Gasteiger partial charge in [0, 0.05) is 12.5 Å². The van der Waals surface area contributed by atoms with Crippen LogP contribution >= 0.6 is 12.4 Å². The number of rotatable bonds is 3. The standard InChI is InChI=1S/C11H15N3O.ClH/c1-11(5-6-11)10(15)14-8-3-4-9(12-2)13-7-8;/h3-4,7H,5-6H2,1-2H3,(H,12,13)(H,14,15);1H. The molecule has 2 rings (SSSR count). The smallest absolute Gasteiger partial charge is 0.230 e. The van der Waals surface area contributed by atoms with Gasteiger partial charge in [-0.1, -0.05) is 6.92 Å². The molecule has 2 N–H and O–H groups in total. The van der Waals surface area contributed by atoms with Gasteiger partial charge in [0.25, 0.3) is 0 Å². The number of halogens is 1. The van der Waals surface area contributed by atoms with Crippen molar-refractivity contribution in [1.82, 2.24) is 4.98 Å². The highest BCUT2D eigenvalue weighted by Crippen LogP contribution is 2.45. The van der Waals surface area contributed by atoms with E-state index in [9.17, 15) is 4.79 Å². The first kappa shape index (κ1) is 12.8. The van der Waals surface area contributed by atoms with Crippen molar-refractivity contribution in [1.29, 1.82) is 0 Å². The second-order valence-electron chi connectivity index (χ2n) is 4.20. The maximum absolute atomic E-state index is 11.7. The summed E-state index contributed by atoms with van der Waals surface area (Å²) >= 11 is 0. The van der Waals surface area contributed by atoms with Crippen LogP contribution in [-0.2, 0) is 4.79 Å². The molecule has 1 amide bonds. The molecule has 0 aliphatic heterocycles. The summed E-state index contributed by atoms with van der Waals surface area (Å²) in [7, 11) is 1.81. The minimum atomic E-state index is -0.137. The molecule has 0 unspecified atom stereocenters. The van der Waals surface area contributed by atoms with Crippen molar-refractivity contribution in [3.05, 3.63) is 18.3 Å². The molecule has 0 saturated heterocycles. The Kier molecular flexibility index (Phi) is 3.75. The Morgan fingerprint density at radius 3 is 2.56 bits per heavy atom. The zero-order valence-electron chi connectivity index (χ0n) is 9.41. The first-order valence-corrected chi connectivity index (χ1v) is 5.09. The Balaban J connectivity index is 0.00000128. The Morgan fingerprint density at radius 1 is 1.44 bits per heavy atom. The summed E-state index contributed by atoms with van der Waals surface area (Å²) in [5.41, 5.74) is 0.619. The molecule has 1 aromatic heterocycles. The van der Waals surface area contributed by atoms with Gasteiger partial charge in [0.2, 0.25) is 5.91 Å². The number of amides is 1. The topological polar surface area (TPSA) is 54.0 Å². The van der Waals surface area contributed by atoms with Gasteiger partial charge in [-0.25, -0.2) is 4.98 Å². The maximum Gasteiger partial charge on any atom is 0.230 e. The lowest BCUT2D eigenvalue weighted by Gasteiger charge is -2.09. The molecule has 0 radical (unpaired) electrons. The second kappa shape index (κ2) is 4.70. The number of carbonyl (C=O) groups is 1. The minimum Gasteiger partial charge on any atom is -0.373 e. The fourth-order valence-corrected chi connectivity index (χ4v) is 1.31. The van der Waals surface area contributed by atoms with Crippen molar-refractivity contribution < 1.29 is 4.79 Å². The van der Waals surface area contributed by atoms with Crippen LogP contribution in [0.25, 0.3) is 0 Å². The van der Waals surface area contributed by atoms with Crippen LogP contribution in [0.5, 0.6) is 0 Å². The van der Waals surface area contributed by atoms with E-state index in [-0.39, 0.29) is 23.7 Å². The highest BCUT2D eigenvalue weighted by molar-refractivity contribution is 5.96. The number of hydrogen-bond acceptors (Lipinski definition) is 3. The molecule has 88 valence electrons. The molecule has 16 heavy (non-hydrogen) atoms. The summed E-state index contributed by atoms with van der Waals surface area (Å²) in [5, 5.41) is 5.79. The number of nitrogens with one attached hydrogen (secondary N) is 2. The SMILES string of the molecule is CNc1ccc(NC(=O)C2(C)CC2)cn1.Cl. The Labute approximate surface area is 101 Å². The van der Waals surface area contributed by atoms with Crippen LogP contribution in [-0.4, -0.2) is 17.9 Å². The van der Waals surface area contributed by atoms with Gasteiger partial charge in [0.05, 0.1) is 11.9 Å². The van der Waals surface area contributed by atoms with Gasteiger partial charge >= 0.3 is 0 Å². The van der Waals surface area contributed by atoms with Crippen molar-refractivity contribution in [3.63, 3.8) is 0 Å². The zero-order valence-corrected chi connectivity index (χ0v) is 10.2. The highest BCUT2D eigenvalue weighted by Gasteiger charge is 2.44. The Hall–Kier alpha value is -1.29. The molecule has 1 heterocycles. The molecule has 0 aromatic carbocycles. The zero-order chi connectivity index (χ0) is 10.9. The third-order valence-corrected chi connectivity index (χ3v) is 2.83. The normalized spacial score (nSPS) is 15.9. The van der Waals surface area contributed by atoms with Gasteiger partial charge in [-0.2, -0.15) is 0 Å². The Bertz CT molecular complexity index is 373. The molecule has 1 saturated carbocycles. The van der Waals surface area contributed by atoms with E-state index in [1.807, 2.05) is 26.1 Å². The number of hydrogen-bond donors (Lipinski definition) is 2. The molecule has 1 aliphatic carbocycles.